The van der Waals surface area contributed by atoms with Crippen molar-refractivity contribution in [2.24, 2.45) is 0 Å². The molecule has 0 radical (unpaired) electrons. The highest BCUT2D eigenvalue weighted by Crippen LogP contribution is 2.24. The molecule has 0 aliphatic carbocycles. The Morgan fingerprint density at radius 3 is 2.68 bits per heavy atom. The van der Waals surface area contributed by atoms with Gasteiger partial charge in [0.2, 0.25) is 0 Å². The van der Waals surface area contributed by atoms with E-state index in [1.165, 1.54) is 6.33 Å². The van der Waals surface area contributed by atoms with E-state index in [0.717, 1.165) is 11.3 Å². The van der Waals surface area contributed by atoms with Gasteiger partial charge in [0, 0.05) is 10.6 Å². The first-order valence-electron chi connectivity index (χ1n) is 5.48. The van der Waals surface area contributed by atoms with Crippen LogP contribution < -0.4 is 0 Å². The van der Waals surface area contributed by atoms with Crippen molar-refractivity contribution < 1.29 is 9.53 Å². The molecule has 1 atom stereocenters. The van der Waals surface area contributed by atoms with Crippen LogP contribution in [0.1, 0.15) is 11.1 Å². The van der Waals surface area contributed by atoms with E-state index in [9.17, 15) is 4.79 Å². The quantitative estimate of drug-likeness (QED) is 0.628. The Labute approximate surface area is 120 Å². The summed E-state index contributed by atoms with van der Waals surface area (Å²) in [6.45, 7) is 0.429. The summed E-state index contributed by atoms with van der Waals surface area (Å²) in [5, 5.41) is 0.159. The van der Waals surface area contributed by atoms with E-state index in [4.69, 9.17) is 23.2 Å². The molecule has 19 heavy (non-hydrogen) atoms. The van der Waals surface area contributed by atoms with Gasteiger partial charge in [0.05, 0.1) is 11.4 Å². The lowest BCUT2D eigenvalue weighted by atomic mass is 10.1. The molecule has 0 fully saturated rings. The molecule has 4 nitrogen and oxygen atoms in total. The maximum Gasteiger partial charge on any atom is 0.293 e. The van der Waals surface area contributed by atoms with Gasteiger partial charge in [-0.3, -0.25) is 4.79 Å². The first-order valence-corrected chi connectivity index (χ1v) is 6.29. The summed E-state index contributed by atoms with van der Waals surface area (Å²) in [4.78, 5) is 18.4. The third-order valence-corrected chi connectivity index (χ3v) is 3.06. The molecule has 0 amide bonds. The molecule has 0 aliphatic rings. The average molecular weight is 297 g/mol. The molecular formula is C13H10Cl2N2O2. The van der Waals surface area contributed by atoms with Gasteiger partial charge in [-0.2, -0.15) is 0 Å². The van der Waals surface area contributed by atoms with Crippen LogP contribution in [-0.2, 0) is 9.53 Å². The van der Waals surface area contributed by atoms with Crippen LogP contribution in [0.5, 0.6) is 0 Å². The molecule has 6 heteroatoms. The zero-order valence-corrected chi connectivity index (χ0v) is 11.3. The second kappa shape index (κ2) is 6.50. The number of hydrogen-bond acceptors (Lipinski definition) is 4. The first kappa shape index (κ1) is 13.8. The Kier molecular flexibility index (Phi) is 4.71. The first-order chi connectivity index (χ1) is 9.20. The zero-order chi connectivity index (χ0) is 13.7. The molecular weight excluding hydrogens is 287 g/mol. The molecule has 98 valence electrons. The van der Waals surface area contributed by atoms with E-state index in [1.807, 2.05) is 12.1 Å². The Morgan fingerprint density at radius 2 is 2.00 bits per heavy atom. The van der Waals surface area contributed by atoms with E-state index in [0.29, 0.717) is 17.2 Å². The average Bonchev–Trinajstić information content (AvgIpc) is 2.45. The van der Waals surface area contributed by atoms with E-state index in [1.54, 1.807) is 18.2 Å². The summed E-state index contributed by atoms with van der Waals surface area (Å²) in [5.74, 6) is 0. The molecule has 0 bridgehead atoms. The Morgan fingerprint density at radius 1 is 1.26 bits per heavy atom. The summed E-state index contributed by atoms with van der Waals surface area (Å²) in [7, 11) is 0. The van der Waals surface area contributed by atoms with Gasteiger partial charge in [0.25, 0.3) is 6.47 Å². The molecule has 2 rings (SSSR count). The van der Waals surface area contributed by atoms with E-state index in [2.05, 4.69) is 14.7 Å². The third-order valence-electron chi connectivity index (χ3n) is 2.46. The number of rotatable bonds is 5. The van der Waals surface area contributed by atoms with Crippen molar-refractivity contribution in [2.75, 3.05) is 6.61 Å². The summed E-state index contributed by atoms with van der Waals surface area (Å²) >= 11 is 11.9. The van der Waals surface area contributed by atoms with Gasteiger partial charge in [0.1, 0.15) is 18.3 Å². The van der Waals surface area contributed by atoms with Crippen LogP contribution in [0.25, 0.3) is 11.3 Å². The summed E-state index contributed by atoms with van der Waals surface area (Å²) in [6.07, 6.45) is 1.43. The number of benzene rings is 1. The van der Waals surface area contributed by atoms with Crippen LogP contribution >= 0.6 is 23.2 Å². The molecule has 0 N–H and O–H groups in total. The predicted molar refractivity (Wildman–Crippen MR) is 73.1 cm³/mol. The summed E-state index contributed by atoms with van der Waals surface area (Å²) < 4.78 is 4.62. The maximum absolute atomic E-state index is 10.1. The number of aromatic nitrogens is 2. The molecule has 1 unspecified atom stereocenters. The van der Waals surface area contributed by atoms with Crippen molar-refractivity contribution in [3.8, 4) is 11.3 Å². The Balaban J connectivity index is 2.23. The lowest BCUT2D eigenvalue weighted by Gasteiger charge is -2.08. The number of hydrogen-bond donors (Lipinski definition) is 0. The second-order valence-electron chi connectivity index (χ2n) is 3.73. The number of ether oxygens (including phenoxy) is 1. The highest BCUT2D eigenvalue weighted by atomic mass is 35.5. The normalized spacial score (nSPS) is 11.9. The molecule has 0 saturated carbocycles. The lowest BCUT2D eigenvalue weighted by molar-refractivity contribution is -0.128. The molecule has 1 aromatic heterocycles. The summed E-state index contributed by atoms with van der Waals surface area (Å²) in [5.41, 5.74) is 2.25. The minimum Gasteiger partial charge on any atom is -0.466 e. The van der Waals surface area contributed by atoms with Gasteiger partial charge in [-0.1, -0.05) is 23.7 Å². The molecule has 2 aromatic rings. The van der Waals surface area contributed by atoms with Crippen molar-refractivity contribution in [2.45, 2.75) is 5.38 Å². The van der Waals surface area contributed by atoms with E-state index < -0.39 is 5.38 Å². The van der Waals surface area contributed by atoms with Gasteiger partial charge in [0.15, 0.2) is 0 Å². The minimum absolute atomic E-state index is 0.0716. The van der Waals surface area contributed by atoms with Gasteiger partial charge >= 0.3 is 0 Å². The summed E-state index contributed by atoms with van der Waals surface area (Å²) in [6, 6.07) is 9.05. The van der Waals surface area contributed by atoms with E-state index in [-0.39, 0.29) is 6.61 Å². The monoisotopic (exact) mass is 296 g/mol. The molecule has 0 aliphatic heterocycles. The van der Waals surface area contributed by atoms with Crippen LogP contribution in [0.4, 0.5) is 0 Å². The number of carbonyl (C=O) groups excluding carboxylic acids is 1. The molecule has 0 spiro atoms. The highest BCUT2D eigenvalue weighted by Gasteiger charge is 2.11. The third kappa shape index (κ3) is 3.66. The molecule has 1 aromatic carbocycles. The van der Waals surface area contributed by atoms with Crippen molar-refractivity contribution >= 4 is 29.7 Å². The van der Waals surface area contributed by atoms with Gasteiger partial charge < -0.3 is 4.74 Å². The van der Waals surface area contributed by atoms with Crippen molar-refractivity contribution in [3.63, 3.8) is 0 Å². The fraction of sp³-hybridized carbons (Fsp3) is 0.154. The highest BCUT2D eigenvalue weighted by molar-refractivity contribution is 6.30. The van der Waals surface area contributed by atoms with Crippen LogP contribution in [0.15, 0.2) is 36.7 Å². The van der Waals surface area contributed by atoms with Gasteiger partial charge in [-0.15, -0.1) is 11.6 Å². The number of halogens is 2. The van der Waals surface area contributed by atoms with E-state index >= 15 is 0 Å². The number of alkyl halides is 1. The van der Waals surface area contributed by atoms with Gasteiger partial charge in [-0.25, -0.2) is 9.97 Å². The number of nitrogens with zero attached hydrogens (tertiary/aromatic N) is 2. The smallest absolute Gasteiger partial charge is 0.293 e. The van der Waals surface area contributed by atoms with Crippen LogP contribution in [0.3, 0.4) is 0 Å². The number of carbonyl (C=O) groups is 1. The lowest BCUT2D eigenvalue weighted by Crippen LogP contribution is -2.04. The topological polar surface area (TPSA) is 52.1 Å². The second-order valence-corrected chi connectivity index (χ2v) is 4.70. The fourth-order valence-electron chi connectivity index (χ4n) is 1.53. The van der Waals surface area contributed by atoms with Crippen molar-refractivity contribution in [3.05, 3.63) is 47.4 Å². The Hall–Kier alpha value is -1.65. The zero-order valence-electron chi connectivity index (χ0n) is 9.79. The fourth-order valence-corrected chi connectivity index (χ4v) is 1.85. The Bertz CT molecular complexity index is 561. The molecule has 1 heterocycles. The van der Waals surface area contributed by atoms with Gasteiger partial charge in [-0.05, 0) is 18.2 Å². The molecule has 0 saturated heterocycles. The van der Waals surface area contributed by atoms with Crippen molar-refractivity contribution in [1.82, 2.24) is 9.97 Å². The van der Waals surface area contributed by atoms with Crippen LogP contribution in [0.2, 0.25) is 5.02 Å². The maximum atomic E-state index is 10.1. The van der Waals surface area contributed by atoms with Crippen molar-refractivity contribution in [1.29, 1.82) is 0 Å². The SMILES string of the molecule is O=COCC(Cl)c1cc(-c2ccc(Cl)cc2)ncn1. The van der Waals surface area contributed by atoms with Crippen LogP contribution in [-0.4, -0.2) is 23.0 Å². The largest absolute Gasteiger partial charge is 0.466 e. The van der Waals surface area contributed by atoms with Crippen LogP contribution in [0, 0.1) is 0 Å². The standard InChI is InChI=1S/C13H10Cl2N2O2/c14-10-3-1-9(2-4-10)12-5-13(17-7-16-12)11(15)6-19-8-18/h1-5,7-8,11H,6H2. The predicted octanol–water partition coefficient (Wildman–Crippen LogP) is 3.25. The minimum atomic E-state index is -0.501.